The Labute approximate surface area is 125 Å². The maximum Gasteiger partial charge on any atom is 0.201 e. The number of pyridine rings is 1. The highest BCUT2D eigenvalue weighted by Gasteiger charge is 2.17. The monoisotopic (exact) mass is 299 g/mol. The number of amidine groups is 1. The summed E-state index contributed by atoms with van der Waals surface area (Å²) in [6.45, 7) is 3.72. The summed E-state index contributed by atoms with van der Waals surface area (Å²) < 4.78 is 1.85. The molecular weight excluding hydrogens is 286 g/mol. The van der Waals surface area contributed by atoms with Gasteiger partial charge < -0.3 is 5.73 Å². The molecule has 0 aliphatic carbocycles. The van der Waals surface area contributed by atoms with E-state index in [1.165, 1.54) is 11.8 Å². The Bertz CT molecular complexity index is 840. The minimum atomic E-state index is -0.0261. The maximum atomic E-state index is 7.76. The lowest BCUT2D eigenvalue weighted by Gasteiger charge is -2.10. The molecule has 3 heterocycles. The van der Waals surface area contributed by atoms with Crippen molar-refractivity contribution < 1.29 is 0 Å². The third-order valence-corrected chi connectivity index (χ3v) is 4.10. The average Bonchev–Trinajstić information content (AvgIpc) is 2.86. The first-order chi connectivity index (χ1) is 10.1. The average molecular weight is 299 g/mol. The van der Waals surface area contributed by atoms with E-state index >= 15 is 0 Å². The van der Waals surface area contributed by atoms with Crippen molar-refractivity contribution in [1.82, 2.24) is 24.8 Å². The molecule has 106 valence electrons. The second kappa shape index (κ2) is 5.13. The Morgan fingerprint density at radius 1 is 1.19 bits per heavy atom. The van der Waals surface area contributed by atoms with Crippen LogP contribution in [0.1, 0.15) is 16.8 Å². The molecule has 0 unspecified atom stereocenters. The number of nitrogens with one attached hydrogen (secondary N) is 1. The van der Waals surface area contributed by atoms with E-state index in [2.05, 4.69) is 20.4 Å². The van der Waals surface area contributed by atoms with E-state index in [9.17, 15) is 0 Å². The molecule has 0 aliphatic heterocycles. The summed E-state index contributed by atoms with van der Waals surface area (Å²) in [5.74, 6) is -0.0261. The Kier molecular flexibility index (Phi) is 3.30. The minimum absolute atomic E-state index is 0.0261. The molecule has 3 rings (SSSR count). The van der Waals surface area contributed by atoms with Crippen molar-refractivity contribution in [2.24, 2.45) is 5.73 Å². The molecule has 8 heteroatoms. The van der Waals surface area contributed by atoms with Crippen molar-refractivity contribution in [3.63, 3.8) is 0 Å². The van der Waals surface area contributed by atoms with Crippen LogP contribution in [-0.2, 0) is 0 Å². The van der Waals surface area contributed by atoms with Crippen LogP contribution < -0.4 is 5.73 Å². The van der Waals surface area contributed by atoms with Crippen LogP contribution in [0.15, 0.2) is 34.6 Å². The molecule has 0 atom stereocenters. The van der Waals surface area contributed by atoms with Crippen LogP contribution in [0, 0.1) is 19.3 Å². The molecule has 0 aromatic carbocycles. The molecule has 0 amide bonds. The fourth-order valence-electron chi connectivity index (χ4n) is 1.95. The molecule has 0 radical (unpaired) electrons. The predicted molar refractivity (Wildman–Crippen MR) is 79.6 cm³/mol. The van der Waals surface area contributed by atoms with E-state index in [1.807, 2.05) is 42.6 Å². The smallest absolute Gasteiger partial charge is 0.201 e. The van der Waals surface area contributed by atoms with Crippen molar-refractivity contribution in [3.05, 3.63) is 41.2 Å². The van der Waals surface area contributed by atoms with Gasteiger partial charge >= 0.3 is 0 Å². The van der Waals surface area contributed by atoms with Gasteiger partial charge in [0.15, 0.2) is 5.65 Å². The van der Waals surface area contributed by atoms with Crippen LogP contribution in [0.2, 0.25) is 0 Å². The normalized spacial score (nSPS) is 11.0. The summed E-state index contributed by atoms with van der Waals surface area (Å²) in [5, 5.41) is 25.5. The van der Waals surface area contributed by atoms with Crippen LogP contribution in [0.3, 0.4) is 0 Å². The summed E-state index contributed by atoms with van der Waals surface area (Å²) in [6, 6.07) is 5.67. The third kappa shape index (κ3) is 2.33. The highest BCUT2D eigenvalue weighted by atomic mass is 32.2. The van der Waals surface area contributed by atoms with Crippen molar-refractivity contribution in [2.45, 2.75) is 24.0 Å². The SMILES string of the molecule is Cc1nnc(Sc2nnc3ccccn23)c(C(=N)N)c1C. The zero-order valence-electron chi connectivity index (χ0n) is 11.5. The largest absolute Gasteiger partial charge is 0.384 e. The summed E-state index contributed by atoms with van der Waals surface area (Å²) in [4.78, 5) is 0. The number of hydrogen-bond donors (Lipinski definition) is 2. The quantitative estimate of drug-likeness (QED) is 0.561. The number of nitrogens with two attached hydrogens (primary N) is 1. The molecule has 3 aromatic rings. The molecule has 21 heavy (non-hydrogen) atoms. The van der Waals surface area contributed by atoms with Gasteiger partial charge in [-0.2, -0.15) is 5.10 Å². The number of aryl methyl sites for hydroxylation is 1. The summed E-state index contributed by atoms with van der Waals surface area (Å²) >= 11 is 1.30. The molecule has 3 N–H and O–H groups in total. The van der Waals surface area contributed by atoms with Crippen LogP contribution in [0.5, 0.6) is 0 Å². The lowest BCUT2D eigenvalue weighted by molar-refractivity contribution is 0.860. The third-order valence-electron chi connectivity index (χ3n) is 3.16. The second-order valence-electron chi connectivity index (χ2n) is 4.52. The van der Waals surface area contributed by atoms with Gasteiger partial charge in [-0.05, 0) is 43.3 Å². The second-order valence-corrected chi connectivity index (χ2v) is 5.47. The summed E-state index contributed by atoms with van der Waals surface area (Å²) in [7, 11) is 0. The fourth-order valence-corrected chi connectivity index (χ4v) is 2.90. The molecule has 7 nitrogen and oxygen atoms in total. The molecule has 0 bridgehead atoms. The zero-order chi connectivity index (χ0) is 15.0. The van der Waals surface area contributed by atoms with Crippen LogP contribution in [0.4, 0.5) is 0 Å². The molecule has 3 aromatic heterocycles. The minimum Gasteiger partial charge on any atom is -0.384 e. The number of rotatable bonds is 3. The van der Waals surface area contributed by atoms with E-state index in [1.54, 1.807) is 0 Å². The van der Waals surface area contributed by atoms with Gasteiger partial charge in [0.1, 0.15) is 10.9 Å². The summed E-state index contributed by atoms with van der Waals surface area (Å²) in [5.41, 5.74) is 8.65. The van der Waals surface area contributed by atoms with Gasteiger partial charge in [0, 0.05) is 6.20 Å². The van der Waals surface area contributed by atoms with Gasteiger partial charge in [-0.3, -0.25) is 9.81 Å². The van der Waals surface area contributed by atoms with E-state index < -0.39 is 0 Å². The Hall–Kier alpha value is -2.48. The summed E-state index contributed by atoms with van der Waals surface area (Å²) in [6.07, 6.45) is 1.87. The molecule has 0 saturated heterocycles. The van der Waals surface area contributed by atoms with Crippen LogP contribution in [-0.4, -0.2) is 30.6 Å². The van der Waals surface area contributed by atoms with E-state index in [0.717, 1.165) is 16.9 Å². The number of nitrogen functional groups attached to an aromatic ring is 1. The number of fused-ring (bicyclic) bond motifs is 1. The topological polar surface area (TPSA) is 106 Å². The first kappa shape index (κ1) is 13.5. The highest BCUT2D eigenvalue weighted by molar-refractivity contribution is 7.99. The number of nitrogens with zero attached hydrogens (tertiary/aromatic N) is 5. The fraction of sp³-hybridized carbons (Fsp3) is 0.154. The van der Waals surface area contributed by atoms with E-state index in [0.29, 0.717) is 15.7 Å². The van der Waals surface area contributed by atoms with Crippen LogP contribution in [0.25, 0.3) is 5.65 Å². The van der Waals surface area contributed by atoms with Crippen molar-refractivity contribution in [3.8, 4) is 0 Å². The first-order valence-corrected chi connectivity index (χ1v) is 7.05. The lowest BCUT2D eigenvalue weighted by atomic mass is 10.1. The Balaban J connectivity index is 2.10. The van der Waals surface area contributed by atoms with Gasteiger partial charge in [0.2, 0.25) is 5.16 Å². The maximum absolute atomic E-state index is 7.76. The molecule has 0 aliphatic rings. The van der Waals surface area contributed by atoms with Gasteiger partial charge in [-0.15, -0.1) is 15.3 Å². The Morgan fingerprint density at radius 2 is 2.00 bits per heavy atom. The zero-order valence-corrected chi connectivity index (χ0v) is 12.3. The van der Waals surface area contributed by atoms with Gasteiger partial charge in [0.05, 0.1) is 11.3 Å². The first-order valence-electron chi connectivity index (χ1n) is 6.24. The lowest BCUT2D eigenvalue weighted by Crippen LogP contribution is -2.17. The predicted octanol–water partition coefficient (Wildman–Crippen LogP) is 1.57. The molecular formula is C13H13N7S. The standard InChI is InChI=1S/C13H13N7S/c1-7-8(2)16-18-12(10(7)11(14)15)21-13-19-17-9-5-3-4-6-20(9)13/h3-6H,1-2H3,(H3,14,15). The molecule has 0 saturated carbocycles. The molecule has 0 fully saturated rings. The number of hydrogen-bond acceptors (Lipinski definition) is 6. The van der Waals surface area contributed by atoms with Gasteiger partial charge in [-0.25, -0.2) is 0 Å². The van der Waals surface area contributed by atoms with Crippen molar-refractivity contribution in [2.75, 3.05) is 0 Å². The number of aromatic nitrogens is 5. The van der Waals surface area contributed by atoms with E-state index in [-0.39, 0.29) is 5.84 Å². The van der Waals surface area contributed by atoms with Gasteiger partial charge in [0.25, 0.3) is 0 Å². The van der Waals surface area contributed by atoms with Crippen molar-refractivity contribution >= 4 is 23.2 Å². The Morgan fingerprint density at radius 3 is 2.76 bits per heavy atom. The van der Waals surface area contributed by atoms with Gasteiger partial charge in [-0.1, -0.05) is 6.07 Å². The van der Waals surface area contributed by atoms with E-state index in [4.69, 9.17) is 11.1 Å². The highest BCUT2D eigenvalue weighted by Crippen LogP contribution is 2.29. The molecule has 0 spiro atoms. The van der Waals surface area contributed by atoms with Crippen molar-refractivity contribution in [1.29, 1.82) is 5.41 Å². The van der Waals surface area contributed by atoms with Crippen LogP contribution >= 0.6 is 11.8 Å².